The van der Waals surface area contributed by atoms with Gasteiger partial charge in [-0.2, -0.15) is 18.0 Å². The fourth-order valence-electron chi connectivity index (χ4n) is 2.36. The Balaban J connectivity index is 1.72. The molecule has 1 aromatic heterocycles. The smallest absolute Gasteiger partial charge is 0.351 e. The highest BCUT2D eigenvalue weighted by molar-refractivity contribution is 5.96. The molecule has 3 aromatic rings. The maximum atomic E-state index is 12.8. The fourth-order valence-corrected chi connectivity index (χ4v) is 2.36. The Labute approximate surface area is 156 Å². The van der Waals surface area contributed by atoms with Crippen molar-refractivity contribution in [2.75, 3.05) is 5.32 Å². The summed E-state index contributed by atoms with van der Waals surface area (Å²) in [7, 11) is 0. The van der Waals surface area contributed by atoms with Crippen LogP contribution in [-0.4, -0.2) is 32.0 Å². The second-order valence-corrected chi connectivity index (χ2v) is 5.71. The van der Waals surface area contributed by atoms with Crippen LogP contribution in [0.5, 0.6) is 0 Å². The lowest BCUT2D eigenvalue weighted by molar-refractivity contribution is -0.137. The number of aromatic nitrogens is 4. The molecule has 0 saturated heterocycles. The average Bonchev–Trinajstić information content (AvgIpc) is 3.10. The molecule has 2 amide bonds. The minimum absolute atomic E-state index is 0.0279. The number of tetrazole rings is 1. The van der Waals surface area contributed by atoms with Crippen molar-refractivity contribution < 1.29 is 22.8 Å². The third kappa shape index (κ3) is 4.50. The SMILES string of the molecule is NC(=O)Nc1ccc(C(=O)Cn2nnc(-c3cccc(C(F)(F)F)c3)n2)cc1. The van der Waals surface area contributed by atoms with E-state index in [1.807, 2.05) is 0 Å². The minimum atomic E-state index is -4.49. The Bertz CT molecular complexity index is 1010. The second-order valence-electron chi connectivity index (χ2n) is 5.71. The molecule has 0 aliphatic carbocycles. The molecule has 11 heteroatoms. The van der Waals surface area contributed by atoms with Gasteiger partial charge in [0.2, 0.25) is 5.82 Å². The van der Waals surface area contributed by atoms with Crippen LogP contribution in [0, 0.1) is 0 Å². The van der Waals surface area contributed by atoms with Crippen molar-refractivity contribution in [3.8, 4) is 11.4 Å². The van der Waals surface area contributed by atoms with Gasteiger partial charge < -0.3 is 11.1 Å². The predicted molar refractivity (Wildman–Crippen MR) is 92.2 cm³/mol. The maximum absolute atomic E-state index is 12.8. The van der Waals surface area contributed by atoms with Gasteiger partial charge in [0.1, 0.15) is 6.54 Å². The standard InChI is InChI=1S/C17H13F3N6O2/c18-17(19,20)12-3-1-2-11(8-12)15-23-25-26(24-15)9-14(27)10-4-6-13(7-5-10)22-16(21)28/h1-8H,9H2,(H3,21,22,28). The molecule has 1 heterocycles. The Hall–Kier alpha value is -3.76. The number of nitrogens with zero attached hydrogens (tertiary/aromatic N) is 4. The first kappa shape index (κ1) is 19.0. The van der Waals surface area contributed by atoms with Crippen LogP contribution in [0.4, 0.5) is 23.7 Å². The summed E-state index contributed by atoms with van der Waals surface area (Å²) in [4.78, 5) is 24.1. The van der Waals surface area contributed by atoms with Crippen LogP contribution in [-0.2, 0) is 12.7 Å². The summed E-state index contributed by atoms with van der Waals surface area (Å²) in [5.41, 5.74) is 5.06. The zero-order valence-electron chi connectivity index (χ0n) is 14.1. The van der Waals surface area contributed by atoms with Gasteiger partial charge in [-0.15, -0.1) is 10.2 Å². The number of halogens is 3. The number of carbonyl (C=O) groups is 2. The second kappa shape index (κ2) is 7.47. The number of urea groups is 1. The summed E-state index contributed by atoms with van der Waals surface area (Å²) in [5, 5.41) is 13.7. The average molecular weight is 390 g/mol. The first-order valence-corrected chi connectivity index (χ1v) is 7.87. The van der Waals surface area contributed by atoms with Crippen molar-refractivity contribution >= 4 is 17.5 Å². The first-order chi connectivity index (χ1) is 13.2. The van der Waals surface area contributed by atoms with E-state index in [-0.39, 0.29) is 23.7 Å². The van der Waals surface area contributed by atoms with Gasteiger partial charge in [0.15, 0.2) is 5.78 Å². The van der Waals surface area contributed by atoms with E-state index in [0.29, 0.717) is 11.3 Å². The summed E-state index contributed by atoms with van der Waals surface area (Å²) >= 11 is 0. The van der Waals surface area contributed by atoms with Crippen LogP contribution >= 0.6 is 0 Å². The minimum Gasteiger partial charge on any atom is -0.351 e. The molecule has 3 N–H and O–H groups in total. The lowest BCUT2D eigenvalue weighted by Crippen LogP contribution is -2.19. The third-order valence-corrected chi connectivity index (χ3v) is 3.66. The first-order valence-electron chi connectivity index (χ1n) is 7.87. The molecule has 3 rings (SSSR count). The van der Waals surface area contributed by atoms with Crippen LogP contribution in [0.3, 0.4) is 0 Å². The maximum Gasteiger partial charge on any atom is 0.416 e. The van der Waals surface area contributed by atoms with Crippen molar-refractivity contribution in [2.45, 2.75) is 12.7 Å². The molecule has 0 fully saturated rings. The summed E-state index contributed by atoms with van der Waals surface area (Å²) in [6.45, 7) is -0.255. The Morgan fingerprint density at radius 1 is 1.11 bits per heavy atom. The van der Waals surface area contributed by atoms with Gasteiger partial charge in [0, 0.05) is 16.8 Å². The van der Waals surface area contributed by atoms with Crippen molar-refractivity contribution in [3.63, 3.8) is 0 Å². The number of hydrogen-bond donors (Lipinski definition) is 2. The monoisotopic (exact) mass is 390 g/mol. The number of amides is 2. The van der Waals surface area contributed by atoms with E-state index in [4.69, 9.17) is 5.73 Å². The normalized spacial score (nSPS) is 11.2. The molecule has 0 spiro atoms. The molecule has 2 aromatic carbocycles. The molecule has 0 bridgehead atoms. The number of Topliss-reactive ketones (excluding diaryl/α,β-unsaturated/α-hetero) is 1. The molecule has 0 aliphatic rings. The topological polar surface area (TPSA) is 116 Å². The molecule has 0 atom stereocenters. The van der Waals surface area contributed by atoms with E-state index < -0.39 is 17.8 Å². The van der Waals surface area contributed by atoms with Gasteiger partial charge in [0.05, 0.1) is 5.56 Å². The molecule has 28 heavy (non-hydrogen) atoms. The molecule has 144 valence electrons. The highest BCUT2D eigenvalue weighted by Gasteiger charge is 2.30. The van der Waals surface area contributed by atoms with Gasteiger partial charge in [-0.3, -0.25) is 4.79 Å². The summed E-state index contributed by atoms with van der Waals surface area (Å²) in [5.74, 6) is -0.376. The van der Waals surface area contributed by atoms with E-state index in [9.17, 15) is 22.8 Å². The van der Waals surface area contributed by atoms with Crippen LogP contribution in [0.25, 0.3) is 11.4 Å². The van der Waals surface area contributed by atoms with Crippen molar-refractivity contribution in [3.05, 3.63) is 59.7 Å². The number of benzene rings is 2. The van der Waals surface area contributed by atoms with Crippen LogP contribution < -0.4 is 11.1 Å². The van der Waals surface area contributed by atoms with Gasteiger partial charge in [-0.1, -0.05) is 12.1 Å². The third-order valence-electron chi connectivity index (χ3n) is 3.66. The molecule has 0 unspecified atom stereocenters. The van der Waals surface area contributed by atoms with Gasteiger partial charge in [-0.25, -0.2) is 4.79 Å². The molecular formula is C17H13F3N6O2. The van der Waals surface area contributed by atoms with Crippen LogP contribution in [0.1, 0.15) is 15.9 Å². The highest BCUT2D eigenvalue weighted by atomic mass is 19.4. The van der Waals surface area contributed by atoms with Crippen molar-refractivity contribution in [1.29, 1.82) is 0 Å². The Kier molecular flexibility index (Phi) is 5.07. The number of ketones is 1. The van der Waals surface area contributed by atoms with Crippen LogP contribution in [0.2, 0.25) is 0 Å². The Morgan fingerprint density at radius 2 is 1.82 bits per heavy atom. The van der Waals surface area contributed by atoms with Crippen molar-refractivity contribution in [1.82, 2.24) is 20.2 Å². The molecule has 0 radical (unpaired) electrons. The van der Waals surface area contributed by atoms with Gasteiger partial charge in [-0.05, 0) is 41.6 Å². The van der Waals surface area contributed by atoms with E-state index in [2.05, 4.69) is 20.7 Å². The summed E-state index contributed by atoms with van der Waals surface area (Å²) < 4.78 is 38.4. The predicted octanol–water partition coefficient (Wildman–Crippen LogP) is 2.73. The largest absolute Gasteiger partial charge is 0.416 e. The lowest BCUT2D eigenvalue weighted by Gasteiger charge is -2.06. The van der Waals surface area contributed by atoms with E-state index in [1.54, 1.807) is 0 Å². The number of rotatable bonds is 5. The number of anilines is 1. The summed E-state index contributed by atoms with van der Waals surface area (Å²) in [6, 6.07) is 9.75. The lowest BCUT2D eigenvalue weighted by atomic mass is 10.1. The van der Waals surface area contributed by atoms with E-state index in [0.717, 1.165) is 16.9 Å². The number of primary amides is 1. The van der Waals surface area contributed by atoms with Gasteiger partial charge in [0.25, 0.3) is 0 Å². The van der Waals surface area contributed by atoms with E-state index in [1.165, 1.54) is 36.4 Å². The number of carbonyl (C=O) groups excluding carboxylic acids is 2. The van der Waals surface area contributed by atoms with Gasteiger partial charge >= 0.3 is 12.2 Å². The van der Waals surface area contributed by atoms with Crippen LogP contribution in [0.15, 0.2) is 48.5 Å². The molecule has 0 saturated carbocycles. The van der Waals surface area contributed by atoms with Crippen molar-refractivity contribution in [2.24, 2.45) is 5.73 Å². The molecular weight excluding hydrogens is 377 g/mol. The Morgan fingerprint density at radius 3 is 2.46 bits per heavy atom. The number of hydrogen-bond acceptors (Lipinski definition) is 5. The highest BCUT2D eigenvalue weighted by Crippen LogP contribution is 2.31. The molecule has 0 aliphatic heterocycles. The number of nitrogens with one attached hydrogen (secondary N) is 1. The number of nitrogens with two attached hydrogens (primary N) is 1. The number of alkyl halides is 3. The molecule has 8 nitrogen and oxygen atoms in total. The zero-order valence-corrected chi connectivity index (χ0v) is 14.1. The zero-order chi connectivity index (χ0) is 20.3. The fraction of sp³-hybridized carbons (Fsp3) is 0.118. The van der Waals surface area contributed by atoms with E-state index >= 15 is 0 Å². The summed E-state index contributed by atoms with van der Waals surface area (Å²) in [6.07, 6.45) is -4.49. The quantitative estimate of drug-likeness (QED) is 0.650.